The molecule has 44 heavy (non-hydrogen) atoms. The Bertz CT molecular complexity index is 1650. The Labute approximate surface area is 260 Å². The van der Waals surface area contributed by atoms with E-state index in [0.29, 0.717) is 23.7 Å². The first-order valence-electron chi connectivity index (χ1n) is 14.9. The quantitative estimate of drug-likeness (QED) is 0.426. The Hall–Kier alpha value is -4.24. The van der Waals surface area contributed by atoms with Crippen LogP contribution in [0.4, 0.5) is 11.4 Å². The highest BCUT2D eigenvalue weighted by Gasteiger charge is 2.72. The zero-order chi connectivity index (χ0) is 30.4. The first-order valence-corrected chi connectivity index (χ1v) is 15.2. The zero-order valence-electron chi connectivity index (χ0n) is 23.9. The van der Waals surface area contributed by atoms with Crippen LogP contribution >= 0.6 is 11.6 Å². The standard InChI is InChI=1S/C35H32ClN3O5/c36-26-15-7-8-16-27(26)38-20-10-18-35-30(29-28(44-35)17-9-19-37(32(29)41)24-13-5-2-6-14-24)33(42)39(31(35)34(38)43)25(22-40)21-23-11-3-1-4-12-23/h1-18,25,28-31,40H,19-22H2/t25-,28-,29+,30+,31?,35+/m1/s1. The second kappa shape index (κ2) is 11.4. The van der Waals surface area contributed by atoms with E-state index in [1.165, 1.54) is 4.90 Å². The van der Waals surface area contributed by atoms with Gasteiger partial charge in [0.15, 0.2) is 0 Å². The van der Waals surface area contributed by atoms with Crippen LogP contribution in [-0.4, -0.2) is 71.2 Å². The summed E-state index contributed by atoms with van der Waals surface area (Å²) in [6.07, 6.45) is 6.97. The summed E-state index contributed by atoms with van der Waals surface area (Å²) in [6.45, 7) is 0.167. The number of aliphatic hydroxyl groups is 1. The molecule has 1 spiro atoms. The van der Waals surface area contributed by atoms with Gasteiger partial charge in [0.25, 0.3) is 5.91 Å². The second-order valence-corrected chi connectivity index (χ2v) is 12.0. The fourth-order valence-corrected chi connectivity index (χ4v) is 7.57. The van der Waals surface area contributed by atoms with Gasteiger partial charge in [-0.05, 0) is 36.2 Å². The maximum absolute atomic E-state index is 14.8. The van der Waals surface area contributed by atoms with Crippen LogP contribution in [0.5, 0.6) is 0 Å². The number of fused-ring (bicyclic) bond motifs is 2. The van der Waals surface area contributed by atoms with E-state index in [9.17, 15) is 19.5 Å². The van der Waals surface area contributed by atoms with Crippen molar-refractivity contribution >= 4 is 40.7 Å². The van der Waals surface area contributed by atoms with E-state index in [4.69, 9.17) is 16.3 Å². The molecule has 2 saturated heterocycles. The van der Waals surface area contributed by atoms with Crippen molar-refractivity contribution in [1.29, 1.82) is 0 Å². The molecule has 4 aliphatic heterocycles. The van der Waals surface area contributed by atoms with Crippen molar-refractivity contribution in [3.8, 4) is 0 Å². The van der Waals surface area contributed by atoms with Crippen molar-refractivity contribution in [2.75, 3.05) is 29.5 Å². The molecular weight excluding hydrogens is 578 g/mol. The molecule has 0 saturated carbocycles. The number of halogens is 1. The van der Waals surface area contributed by atoms with Gasteiger partial charge in [-0.25, -0.2) is 0 Å². The van der Waals surface area contributed by atoms with Crippen LogP contribution in [0, 0.1) is 11.8 Å². The number of rotatable bonds is 6. The average Bonchev–Trinajstić information content (AvgIpc) is 3.36. The third kappa shape index (κ3) is 4.48. The molecule has 0 aliphatic carbocycles. The number of carbonyl (C=O) groups excluding carboxylic acids is 3. The molecule has 6 atom stereocenters. The summed E-state index contributed by atoms with van der Waals surface area (Å²) in [4.78, 5) is 48.6. The number of hydrogen-bond donors (Lipinski definition) is 1. The minimum Gasteiger partial charge on any atom is -0.394 e. The van der Waals surface area contributed by atoms with E-state index < -0.39 is 35.6 Å². The Morgan fingerprint density at radius 3 is 2.25 bits per heavy atom. The Morgan fingerprint density at radius 2 is 1.52 bits per heavy atom. The lowest BCUT2D eigenvalue weighted by Crippen LogP contribution is -2.58. The van der Waals surface area contributed by atoms with Gasteiger partial charge in [0, 0.05) is 18.8 Å². The lowest BCUT2D eigenvalue weighted by molar-refractivity contribution is -0.144. The summed E-state index contributed by atoms with van der Waals surface area (Å²) in [5.41, 5.74) is 0.715. The summed E-state index contributed by atoms with van der Waals surface area (Å²) >= 11 is 6.57. The van der Waals surface area contributed by atoms with Gasteiger partial charge in [0.2, 0.25) is 11.8 Å². The lowest BCUT2D eigenvalue weighted by atomic mass is 9.77. The smallest absolute Gasteiger partial charge is 0.253 e. The highest BCUT2D eigenvalue weighted by Crippen LogP contribution is 2.54. The third-order valence-electron chi connectivity index (χ3n) is 9.23. The van der Waals surface area contributed by atoms with Crippen LogP contribution in [-0.2, 0) is 25.5 Å². The SMILES string of the molecule is O=C1[C@@H]2[C@H]3C(=O)N([C@@H](CO)Cc4ccccc4)C4C(=O)N(c5ccccc5Cl)CC=C[C@@]43O[C@@H]2C=CCN1c1ccccc1. The van der Waals surface area contributed by atoms with Crippen LogP contribution in [0.15, 0.2) is 109 Å². The highest BCUT2D eigenvalue weighted by atomic mass is 35.5. The van der Waals surface area contributed by atoms with E-state index in [1.54, 1.807) is 40.1 Å². The van der Waals surface area contributed by atoms with Gasteiger partial charge in [-0.3, -0.25) is 14.4 Å². The minimum absolute atomic E-state index is 0.205. The summed E-state index contributed by atoms with van der Waals surface area (Å²) in [6, 6.07) is 24.1. The number of anilines is 2. The molecule has 3 amide bonds. The average molecular weight is 610 g/mol. The first kappa shape index (κ1) is 28.5. The van der Waals surface area contributed by atoms with Crippen LogP contribution in [0.3, 0.4) is 0 Å². The number of aliphatic hydroxyl groups excluding tert-OH is 1. The molecule has 0 radical (unpaired) electrons. The maximum Gasteiger partial charge on any atom is 0.253 e. The van der Waals surface area contributed by atoms with Gasteiger partial charge < -0.3 is 24.5 Å². The van der Waals surface area contributed by atoms with Crippen molar-refractivity contribution < 1.29 is 24.2 Å². The van der Waals surface area contributed by atoms with Gasteiger partial charge in [-0.1, -0.05) is 96.6 Å². The fourth-order valence-electron chi connectivity index (χ4n) is 7.33. The molecule has 0 bridgehead atoms. The number of nitrogens with zero attached hydrogens (tertiary/aromatic N) is 3. The second-order valence-electron chi connectivity index (χ2n) is 11.6. The number of hydrogen-bond acceptors (Lipinski definition) is 5. The van der Waals surface area contributed by atoms with Gasteiger partial charge >= 0.3 is 0 Å². The van der Waals surface area contributed by atoms with Gasteiger partial charge in [-0.2, -0.15) is 0 Å². The molecular formula is C35H32ClN3O5. The summed E-state index contributed by atoms with van der Waals surface area (Å²) in [5, 5.41) is 11.1. The Kier molecular flexibility index (Phi) is 7.36. The summed E-state index contributed by atoms with van der Waals surface area (Å²) in [5.74, 6) is -2.84. The van der Waals surface area contributed by atoms with Crippen LogP contribution < -0.4 is 9.80 Å². The summed E-state index contributed by atoms with van der Waals surface area (Å²) < 4.78 is 6.78. The molecule has 3 aromatic carbocycles. The zero-order valence-corrected chi connectivity index (χ0v) is 24.7. The van der Waals surface area contributed by atoms with E-state index in [1.807, 2.05) is 78.9 Å². The van der Waals surface area contributed by atoms with Gasteiger partial charge in [0.1, 0.15) is 11.6 Å². The first-order chi connectivity index (χ1) is 21.4. The number of para-hydroxylation sites is 2. The monoisotopic (exact) mass is 609 g/mol. The molecule has 3 aromatic rings. The van der Waals surface area contributed by atoms with Crippen molar-refractivity contribution in [1.82, 2.24) is 4.90 Å². The molecule has 224 valence electrons. The van der Waals surface area contributed by atoms with Crippen molar-refractivity contribution in [3.63, 3.8) is 0 Å². The predicted octanol–water partition coefficient (Wildman–Crippen LogP) is 4.03. The number of likely N-dealkylation sites (tertiary alicyclic amines) is 1. The molecule has 4 heterocycles. The molecule has 1 unspecified atom stereocenters. The Balaban J connectivity index is 1.35. The van der Waals surface area contributed by atoms with Crippen LogP contribution in [0.25, 0.3) is 0 Å². The number of amides is 3. The molecule has 0 aromatic heterocycles. The number of benzene rings is 3. The maximum atomic E-state index is 14.8. The van der Waals surface area contributed by atoms with Gasteiger partial charge in [-0.15, -0.1) is 0 Å². The number of ether oxygens (including phenoxy) is 1. The molecule has 9 heteroatoms. The van der Waals surface area contributed by atoms with Crippen molar-refractivity contribution in [2.24, 2.45) is 11.8 Å². The van der Waals surface area contributed by atoms with E-state index in [-0.39, 0.29) is 30.9 Å². The van der Waals surface area contributed by atoms with Crippen molar-refractivity contribution in [3.05, 3.63) is 120 Å². The summed E-state index contributed by atoms with van der Waals surface area (Å²) in [7, 11) is 0. The predicted molar refractivity (Wildman–Crippen MR) is 167 cm³/mol. The largest absolute Gasteiger partial charge is 0.394 e. The molecule has 1 N–H and O–H groups in total. The fraction of sp³-hybridized carbons (Fsp3) is 0.286. The molecule has 7 rings (SSSR count). The van der Waals surface area contributed by atoms with Crippen molar-refractivity contribution in [2.45, 2.75) is 30.2 Å². The lowest BCUT2D eigenvalue weighted by Gasteiger charge is -2.38. The highest BCUT2D eigenvalue weighted by molar-refractivity contribution is 6.34. The topological polar surface area (TPSA) is 90.4 Å². The van der Waals surface area contributed by atoms with Crippen LogP contribution in [0.1, 0.15) is 5.56 Å². The molecule has 2 fully saturated rings. The third-order valence-corrected chi connectivity index (χ3v) is 9.55. The number of carbonyl (C=O) groups is 3. The van der Waals surface area contributed by atoms with E-state index in [0.717, 1.165) is 11.3 Å². The normalized spacial score (nSPS) is 28.4. The Morgan fingerprint density at radius 1 is 0.841 bits per heavy atom. The molecule has 8 nitrogen and oxygen atoms in total. The van der Waals surface area contributed by atoms with E-state index in [2.05, 4.69) is 0 Å². The van der Waals surface area contributed by atoms with E-state index >= 15 is 0 Å². The van der Waals surface area contributed by atoms with Crippen LogP contribution in [0.2, 0.25) is 5.02 Å². The minimum atomic E-state index is -1.43. The van der Waals surface area contributed by atoms with Gasteiger partial charge in [0.05, 0.1) is 41.3 Å². The molecule has 4 aliphatic rings.